The molecule has 0 atom stereocenters. The summed E-state index contributed by atoms with van der Waals surface area (Å²) < 4.78 is 5.20. The van der Waals surface area contributed by atoms with Crippen LogP contribution in [0.15, 0.2) is 231 Å². The monoisotopic (exact) mass is 916 g/mol. The molecule has 14 rings (SSSR count). The number of para-hydroxylation sites is 2. The van der Waals surface area contributed by atoms with Gasteiger partial charge >= 0.3 is 0 Å². The highest BCUT2D eigenvalue weighted by Crippen LogP contribution is 2.54. The number of rotatable bonds is 7. The Morgan fingerprint density at radius 3 is 1.61 bits per heavy atom. The lowest BCUT2D eigenvalue weighted by atomic mass is 9.68. The van der Waals surface area contributed by atoms with E-state index in [1.165, 1.54) is 107 Å². The van der Waals surface area contributed by atoms with Crippen LogP contribution in [-0.4, -0.2) is 0 Å². The van der Waals surface area contributed by atoms with E-state index in [2.05, 4.69) is 254 Å². The Labute approximate surface area is 409 Å². The molecule has 2 heterocycles. The molecule has 0 saturated carbocycles. The summed E-state index contributed by atoms with van der Waals surface area (Å²) >= 11 is 3.78. The van der Waals surface area contributed by atoms with E-state index in [4.69, 9.17) is 0 Å². The maximum Gasteiger partial charge on any atom is 0.0640 e. The topological polar surface area (TPSA) is 6.48 Å². The van der Waals surface area contributed by atoms with Crippen LogP contribution >= 0.6 is 22.7 Å². The predicted octanol–water partition coefficient (Wildman–Crippen LogP) is 19.6. The van der Waals surface area contributed by atoms with Gasteiger partial charge in [0.15, 0.2) is 0 Å². The average molecular weight is 917 g/mol. The van der Waals surface area contributed by atoms with Gasteiger partial charge in [0, 0.05) is 59.1 Å². The van der Waals surface area contributed by atoms with Crippen LogP contribution in [0.25, 0.3) is 84.1 Å². The minimum atomic E-state index is -0.277. The molecule has 69 heavy (non-hydrogen) atoms. The number of benzene rings is 11. The van der Waals surface area contributed by atoms with Gasteiger partial charge in [-0.05, 0) is 128 Å². The zero-order chi connectivity index (χ0) is 45.8. The van der Waals surface area contributed by atoms with Crippen LogP contribution < -0.4 is 9.80 Å². The Hall–Kier alpha value is -8.02. The third-order valence-corrected chi connectivity index (χ3v) is 17.1. The summed E-state index contributed by atoms with van der Waals surface area (Å²) in [4.78, 5) is 4.93. The molecule has 2 nitrogen and oxygen atoms in total. The molecule has 0 saturated heterocycles. The lowest BCUT2D eigenvalue weighted by Gasteiger charge is -2.37. The second-order valence-electron chi connectivity index (χ2n) is 18.8. The van der Waals surface area contributed by atoms with Crippen LogP contribution in [0.3, 0.4) is 0 Å². The van der Waals surface area contributed by atoms with Crippen molar-refractivity contribution in [2.45, 2.75) is 19.3 Å². The Balaban J connectivity index is 0.940. The number of hydrogen-bond donors (Lipinski definition) is 0. The van der Waals surface area contributed by atoms with Crippen molar-refractivity contribution >= 4 is 119 Å². The number of thiophene rings is 2. The van der Waals surface area contributed by atoms with E-state index in [1.54, 1.807) is 0 Å². The van der Waals surface area contributed by atoms with Gasteiger partial charge in [-0.2, -0.15) is 0 Å². The van der Waals surface area contributed by atoms with Crippen molar-refractivity contribution < 1.29 is 0 Å². The normalized spacial score (nSPS) is 12.9. The molecule has 1 aliphatic rings. The molecule has 0 N–H and O–H groups in total. The van der Waals surface area contributed by atoms with Crippen molar-refractivity contribution in [3.8, 4) is 22.3 Å². The first-order chi connectivity index (χ1) is 34.0. The van der Waals surface area contributed by atoms with Gasteiger partial charge in [-0.3, -0.25) is 0 Å². The van der Waals surface area contributed by atoms with E-state index in [0.717, 1.165) is 22.7 Å². The Morgan fingerprint density at radius 1 is 0.333 bits per heavy atom. The molecule has 0 spiro atoms. The van der Waals surface area contributed by atoms with Crippen molar-refractivity contribution in [3.63, 3.8) is 0 Å². The van der Waals surface area contributed by atoms with Gasteiger partial charge in [-0.1, -0.05) is 172 Å². The maximum atomic E-state index is 2.47. The lowest BCUT2D eigenvalue weighted by molar-refractivity contribution is 0.645. The number of hydrogen-bond acceptors (Lipinski definition) is 4. The average Bonchev–Trinajstić information content (AvgIpc) is 3.99. The van der Waals surface area contributed by atoms with E-state index in [0.29, 0.717) is 0 Å². The van der Waals surface area contributed by atoms with Crippen molar-refractivity contribution in [1.82, 2.24) is 0 Å². The third kappa shape index (κ3) is 6.16. The van der Waals surface area contributed by atoms with Crippen LogP contribution in [0.4, 0.5) is 34.1 Å². The molecule has 0 radical (unpaired) electrons. The molecule has 4 heteroatoms. The summed E-state index contributed by atoms with van der Waals surface area (Å²) in [6.07, 6.45) is 0. The number of anilines is 6. The van der Waals surface area contributed by atoms with Gasteiger partial charge in [0.25, 0.3) is 0 Å². The maximum absolute atomic E-state index is 2.47. The molecule has 11 aromatic carbocycles. The molecule has 0 unspecified atom stereocenters. The fourth-order valence-electron chi connectivity index (χ4n) is 11.4. The molecule has 0 bridgehead atoms. The lowest BCUT2D eigenvalue weighted by Crippen LogP contribution is -2.24. The smallest absolute Gasteiger partial charge is 0.0640 e. The zero-order valence-corrected chi connectivity index (χ0v) is 39.8. The molecule has 0 aliphatic heterocycles. The van der Waals surface area contributed by atoms with E-state index in [-0.39, 0.29) is 5.41 Å². The molecular weight excluding hydrogens is 873 g/mol. The molecule has 0 amide bonds. The molecule has 1 aliphatic carbocycles. The van der Waals surface area contributed by atoms with Crippen molar-refractivity contribution in [2.24, 2.45) is 0 Å². The predicted molar refractivity (Wildman–Crippen MR) is 300 cm³/mol. The summed E-state index contributed by atoms with van der Waals surface area (Å²) in [6, 6.07) is 85.4. The molecule has 13 aromatic rings. The summed E-state index contributed by atoms with van der Waals surface area (Å²) in [5.74, 6) is 0. The van der Waals surface area contributed by atoms with Crippen LogP contribution in [0, 0.1) is 0 Å². The van der Waals surface area contributed by atoms with Gasteiger partial charge in [-0.15, -0.1) is 22.7 Å². The number of nitrogens with zero attached hydrogens (tertiary/aromatic N) is 2. The van der Waals surface area contributed by atoms with E-state index in [9.17, 15) is 0 Å². The second kappa shape index (κ2) is 15.5. The van der Waals surface area contributed by atoms with Crippen molar-refractivity contribution in [3.05, 3.63) is 242 Å². The van der Waals surface area contributed by atoms with Gasteiger partial charge in [0.2, 0.25) is 0 Å². The largest absolute Gasteiger partial charge is 0.309 e. The van der Waals surface area contributed by atoms with Crippen molar-refractivity contribution in [1.29, 1.82) is 0 Å². The van der Waals surface area contributed by atoms with E-state index < -0.39 is 0 Å². The SMILES string of the molecule is CC1(C)c2cc(N(c3ccccc3)c3cccc4c3sc3ccccc34)ccc2-c2cc3ccc(N(c4ccccc4)c4cccc5c4sc4c(-c6ccccc6)cccc45)cc3c3cccc1c23. The van der Waals surface area contributed by atoms with Crippen LogP contribution in [0.2, 0.25) is 0 Å². The third-order valence-electron chi connectivity index (χ3n) is 14.6. The minimum absolute atomic E-state index is 0.277. The second-order valence-corrected chi connectivity index (χ2v) is 20.9. The molecular formula is C65H44N2S2. The molecule has 2 aromatic heterocycles. The van der Waals surface area contributed by atoms with Crippen molar-refractivity contribution in [2.75, 3.05) is 9.80 Å². The summed E-state index contributed by atoms with van der Waals surface area (Å²) in [5, 5.41) is 10.3. The molecule has 0 fully saturated rings. The fourth-order valence-corrected chi connectivity index (χ4v) is 13.9. The van der Waals surface area contributed by atoms with Gasteiger partial charge in [0.1, 0.15) is 0 Å². The van der Waals surface area contributed by atoms with E-state index in [1.807, 2.05) is 22.7 Å². The summed E-state index contributed by atoms with van der Waals surface area (Å²) in [5.41, 5.74) is 14.5. The first kappa shape index (κ1) is 40.1. The first-order valence-electron chi connectivity index (χ1n) is 23.7. The highest BCUT2D eigenvalue weighted by Gasteiger charge is 2.35. The standard InChI is InChI=1S/C65H44N2S2/c1-65(2)56-30-15-26-50-54-39-45(66(43-20-8-4-9-21-43)59-32-17-29-53-52-27-14-25-47(62(52)69-64(53)59)41-18-6-3-7-19-41)35-34-42(54)38-55(61(50)56)48-37-36-46(40-57(48)65)67(44-22-10-5-11-23-44)58-31-16-28-51-49-24-12-13-33-60(49)68-63(51)58/h3-40H,1-2H3. The highest BCUT2D eigenvalue weighted by atomic mass is 32.1. The zero-order valence-electron chi connectivity index (χ0n) is 38.2. The van der Waals surface area contributed by atoms with Crippen LogP contribution in [-0.2, 0) is 5.41 Å². The minimum Gasteiger partial charge on any atom is -0.309 e. The summed E-state index contributed by atoms with van der Waals surface area (Å²) in [7, 11) is 0. The quantitative estimate of drug-likeness (QED) is 0.147. The van der Waals surface area contributed by atoms with E-state index >= 15 is 0 Å². The summed E-state index contributed by atoms with van der Waals surface area (Å²) in [6.45, 7) is 4.83. The van der Waals surface area contributed by atoms with Gasteiger partial charge < -0.3 is 9.80 Å². The van der Waals surface area contributed by atoms with Gasteiger partial charge in [0.05, 0.1) is 20.8 Å². The Morgan fingerprint density at radius 2 is 0.884 bits per heavy atom. The number of fused-ring (bicyclic) bond motifs is 10. The molecule has 326 valence electrons. The Bertz CT molecular complexity index is 4170. The van der Waals surface area contributed by atoms with Crippen LogP contribution in [0.1, 0.15) is 25.0 Å². The van der Waals surface area contributed by atoms with Gasteiger partial charge in [-0.25, -0.2) is 0 Å². The Kier molecular flexibility index (Phi) is 9.01. The fraction of sp³-hybridized carbons (Fsp3) is 0.0462. The first-order valence-corrected chi connectivity index (χ1v) is 25.4. The van der Waals surface area contributed by atoms with Crippen LogP contribution in [0.5, 0.6) is 0 Å². The highest BCUT2D eigenvalue weighted by molar-refractivity contribution is 7.27.